The minimum Gasteiger partial charge on any atom is -0.508 e. The van der Waals surface area contributed by atoms with Crippen LogP contribution in [0.5, 0.6) is 11.5 Å². The molecule has 0 saturated heterocycles. The lowest BCUT2D eigenvalue weighted by Gasteiger charge is -2.08. The van der Waals surface area contributed by atoms with Gasteiger partial charge in [-0.1, -0.05) is 12.1 Å². The van der Waals surface area contributed by atoms with Gasteiger partial charge in [0, 0.05) is 5.69 Å². The number of hydrogen-bond acceptors (Lipinski definition) is 3. The lowest BCUT2D eigenvalue weighted by Crippen LogP contribution is -1.94. The molecular formula is C15H17NO2. The van der Waals surface area contributed by atoms with Crippen molar-refractivity contribution >= 4 is 5.69 Å². The minimum absolute atomic E-state index is 0.192. The number of nitrogens with two attached hydrogens (primary N) is 1. The highest BCUT2D eigenvalue weighted by atomic mass is 16.3. The molecule has 0 fully saturated rings. The van der Waals surface area contributed by atoms with E-state index < -0.39 is 0 Å². The van der Waals surface area contributed by atoms with Crippen molar-refractivity contribution in [3.05, 3.63) is 53.1 Å². The van der Waals surface area contributed by atoms with Crippen LogP contribution in [0.15, 0.2) is 36.4 Å². The zero-order chi connectivity index (χ0) is 13.1. The van der Waals surface area contributed by atoms with E-state index in [1.165, 1.54) is 0 Å². The second-order valence-corrected chi connectivity index (χ2v) is 4.51. The van der Waals surface area contributed by atoms with E-state index in [0.29, 0.717) is 12.0 Å². The van der Waals surface area contributed by atoms with Gasteiger partial charge in [-0.2, -0.15) is 0 Å². The average molecular weight is 243 g/mol. The largest absolute Gasteiger partial charge is 0.508 e. The Morgan fingerprint density at radius 1 is 1.00 bits per heavy atom. The van der Waals surface area contributed by atoms with E-state index in [0.717, 1.165) is 23.2 Å². The van der Waals surface area contributed by atoms with Crippen LogP contribution in [0.25, 0.3) is 0 Å². The summed E-state index contributed by atoms with van der Waals surface area (Å²) in [6.07, 6.45) is 1.49. The molecule has 2 aromatic carbocycles. The van der Waals surface area contributed by atoms with Crippen LogP contribution < -0.4 is 5.73 Å². The van der Waals surface area contributed by atoms with Gasteiger partial charge in [0.1, 0.15) is 11.5 Å². The summed E-state index contributed by atoms with van der Waals surface area (Å²) in [5.74, 6) is 0.459. The molecule has 0 aromatic heterocycles. The number of phenolic OH excluding ortho intramolecular Hbond substituents is 2. The first-order chi connectivity index (χ1) is 8.56. The van der Waals surface area contributed by atoms with Crippen molar-refractivity contribution in [2.45, 2.75) is 19.8 Å². The molecular weight excluding hydrogens is 226 g/mol. The lowest BCUT2D eigenvalue weighted by atomic mass is 10.0. The quantitative estimate of drug-likeness (QED) is 0.573. The molecule has 4 N–H and O–H groups in total. The van der Waals surface area contributed by atoms with Crippen molar-refractivity contribution in [1.82, 2.24) is 0 Å². The van der Waals surface area contributed by atoms with Crippen LogP contribution in [0.3, 0.4) is 0 Å². The van der Waals surface area contributed by atoms with Crippen molar-refractivity contribution in [3.8, 4) is 11.5 Å². The highest BCUT2D eigenvalue weighted by molar-refractivity contribution is 5.46. The fourth-order valence-electron chi connectivity index (χ4n) is 1.99. The predicted molar refractivity (Wildman–Crippen MR) is 72.8 cm³/mol. The zero-order valence-corrected chi connectivity index (χ0v) is 10.4. The lowest BCUT2D eigenvalue weighted by molar-refractivity contribution is 0.450. The molecule has 2 rings (SSSR count). The number of phenols is 2. The van der Waals surface area contributed by atoms with Crippen LogP contribution in [0, 0.1) is 6.92 Å². The van der Waals surface area contributed by atoms with Crippen LogP contribution in [0.2, 0.25) is 0 Å². The Balaban J connectivity index is 2.13. The topological polar surface area (TPSA) is 66.5 Å². The molecule has 94 valence electrons. The number of anilines is 1. The van der Waals surface area contributed by atoms with E-state index in [1.807, 2.05) is 24.3 Å². The van der Waals surface area contributed by atoms with Gasteiger partial charge in [-0.25, -0.2) is 0 Å². The molecule has 18 heavy (non-hydrogen) atoms. The summed E-state index contributed by atoms with van der Waals surface area (Å²) in [7, 11) is 0. The minimum atomic E-state index is 0.192. The zero-order valence-electron chi connectivity index (χ0n) is 10.4. The first kappa shape index (κ1) is 12.3. The molecule has 0 heterocycles. The summed E-state index contributed by atoms with van der Waals surface area (Å²) in [5.41, 5.74) is 8.99. The first-order valence-electron chi connectivity index (χ1n) is 5.92. The maximum absolute atomic E-state index is 9.91. The van der Waals surface area contributed by atoms with Gasteiger partial charge >= 0.3 is 0 Å². The van der Waals surface area contributed by atoms with Gasteiger partial charge in [-0.15, -0.1) is 0 Å². The van der Waals surface area contributed by atoms with Crippen molar-refractivity contribution in [3.63, 3.8) is 0 Å². The maximum atomic E-state index is 9.91. The van der Waals surface area contributed by atoms with E-state index >= 15 is 0 Å². The Morgan fingerprint density at radius 3 is 2.33 bits per heavy atom. The molecule has 0 aliphatic carbocycles. The van der Waals surface area contributed by atoms with Crippen molar-refractivity contribution in [1.29, 1.82) is 0 Å². The van der Waals surface area contributed by atoms with Crippen LogP contribution >= 0.6 is 0 Å². The molecule has 0 radical (unpaired) electrons. The standard InChI is InChI=1S/C15H17NO2/c1-10-8-14(17)9-12(15(10)18)5-2-11-3-6-13(16)7-4-11/h3-4,6-9,17-18H,2,5,16H2,1H3. The summed E-state index contributed by atoms with van der Waals surface area (Å²) < 4.78 is 0. The Labute approximate surface area is 107 Å². The number of benzene rings is 2. The highest BCUT2D eigenvalue weighted by Crippen LogP contribution is 2.28. The fraction of sp³-hybridized carbons (Fsp3) is 0.200. The normalized spacial score (nSPS) is 10.5. The molecule has 2 aromatic rings. The van der Waals surface area contributed by atoms with Gasteiger partial charge < -0.3 is 15.9 Å². The Bertz CT molecular complexity index is 547. The summed E-state index contributed by atoms with van der Waals surface area (Å²) in [4.78, 5) is 0. The first-order valence-corrected chi connectivity index (χ1v) is 5.92. The molecule has 3 heteroatoms. The maximum Gasteiger partial charge on any atom is 0.121 e. The summed E-state index contributed by atoms with van der Waals surface area (Å²) in [5, 5.41) is 19.4. The number of rotatable bonds is 3. The third-order valence-corrected chi connectivity index (χ3v) is 3.03. The average Bonchev–Trinajstić information content (AvgIpc) is 2.34. The number of aryl methyl sites for hydroxylation is 3. The number of aromatic hydroxyl groups is 2. The predicted octanol–water partition coefficient (Wildman–Crippen LogP) is 2.77. The Kier molecular flexibility index (Phi) is 3.42. The molecule has 0 amide bonds. The Hall–Kier alpha value is -2.16. The highest BCUT2D eigenvalue weighted by Gasteiger charge is 2.07. The summed E-state index contributed by atoms with van der Waals surface area (Å²) in [6.45, 7) is 1.78. The Morgan fingerprint density at radius 2 is 1.67 bits per heavy atom. The second-order valence-electron chi connectivity index (χ2n) is 4.51. The molecule has 0 bridgehead atoms. The van der Waals surface area contributed by atoms with Gasteiger partial charge in [0.15, 0.2) is 0 Å². The van der Waals surface area contributed by atoms with Crippen LogP contribution in [-0.4, -0.2) is 10.2 Å². The molecule has 0 aliphatic heterocycles. The molecule has 0 spiro atoms. The van der Waals surface area contributed by atoms with E-state index in [4.69, 9.17) is 5.73 Å². The molecule has 0 atom stereocenters. The van der Waals surface area contributed by atoms with Crippen LogP contribution in [0.4, 0.5) is 5.69 Å². The monoisotopic (exact) mass is 243 g/mol. The van der Waals surface area contributed by atoms with E-state index in [2.05, 4.69) is 0 Å². The SMILES string of the molecule is Cc1cc(O)cc(CCc2ccc(N)cc2)c1O. The van der Waals surface area contributed by atoms with Crippen LogP contribution in [0.1, 0.15) is 16.7 Å². The summed E-state index contributed by atoms with van der Waals surface area (Å²) in [6, 6.07) is 10.8. The number of hydrogen-bond donors (Lipinski definition) is 3. The summed E-state index contributed by atoms with van der Waals surface area (Å²) >= 11 is 0. The molecule has 0 unspecified atom stereocenters. The van der Waals surface area contributed by atoms with Crippen molar-refractivity contribution in [2.24, 2.45) is 0 Å². The smallest absolute Gasteiger partial charge is 0.121 e. The third-order valence-electron chi connectivity index (χ3n) is 3.03. The van der Waals surface area contributed by atoms with Gasteiger partial charge in [0.2, 0.25) is 0 Å². The molecule has 3 nitrogen and oxygen atoms in total. The van der Waals surface area contributed by atoms with Crippen molar-refractivity contribution < 1.29 is 10.2 Å². The fourth-order valence-corrected chi connectivity index (χ4v) is 1.99. The van der Waals surface area contributed by atoms with Gasteiger partial charge in [-0.3, -0.25) is 0 Å². The van der Waals surface area contributed by atoms with Gasteiger partial charge in [-0.05, 0) is 60.7 Å². The number of nitrogen functional groups attached to an aromatic ring is 1. The molecule has 0 saturated carbocycles. The van der Waals surface area contributed by atoms with E-state index in [-0.39, 0.29) is 11.5 Å². The van der Waals surface area contributed by atoms with Gasteiger partial charge in [0.05, 0.1) is 0 Å². The van der Waals surface area contributed by atoms with E-state index in [9.17, 15) is 10.2 Å². The van der Waals surface area contributed by atoms with Gasteiger partial charge in [0.25, 0.3) is 0 Å². The third kappa shape index (κ3) is 2.74. The van der Waals surface area contributed by atoms with E-state index in [1.54, 1.807) is 19.1 Å². The second kappa shape index (κ2) is 5.00. The molecule has 0 aliphatic rings. The van der Waals surface area contributed by atoms with Crippen molar-refractivity contribution in [2.75, 3.05) is 5.73 Å². The van der Waals surface area contributed by atoms with Crippen LogP contribution in [-0.2, 0) is 12.8 Å².